The highest BCUT2D eigenvalue weighted by molar-refractivity contribution is 7.90. The fourth-order valence-electron chi connectivity index (χ4n) is 2.65. The number of fused-ring (bicyclic) bond motifs is 1. The van der Waals surface area contributed by atoms with E-state index in [1.165, 1.54) is 24.3 Å². The number of carbonyl (C=O) groups excluding carboxylic acids is 2. The predicted molar refractivity (Wildman–Crippen MR) is 95.2 cm³/mol. The van der Waals surface area contributed by atoms with Gasteiger partial charge >= 0.3 is 0 Å². The molecule has 1 heterocycles. The van der Waals surface area contributed by atoms with Crippen LogP contribution in [-0.2, 0) is 26.0 Å². The monoisotopic (exact) mass is 410 g/mol. The van der Waals surface area contributed by atoms with E-state index in [1.54, 1.807) is 6.92 Å². The maximum Gasteiger partial charge on any atom is 0.265 e. The first-order valence-corrected chi connectivity index (χ1v) is 9.79. The minimum atomic E-state index is -4.24. The van der Waals surface area contributed by atoms with Gasteiger partial charge in [0, 0.05) is 0 Å². The topological polar surface area (TPSA) is 102 Å². The van der Waals surface area contributed by atoms with Crippen LogP contribution in [0.1, 0.15) is 18.9 Å². The Labute approximate surface area is 159 Å². The molecule has 2 aromatic rings. The second kappa shape index (κ2) is 7.55. The van der Waals surface area contributed by atoms with Crippen LogP contribution < -0.4 is 14.8 Å². The normalized spacial score (nSPS) is 16.0. The Kier molecular flexibility index (Phi) is 5.32. The van der Waals surface area contributed by atoms with E-state index in [4.69, 9.17) is 4.74 Å². The number of halogens is 2. The van der Waals surface area contributed by atoms with Crippen LogP contribution >= 0.6 is 0 Å². The van der Waals surface area contributed by atoms with Crippen LogP contribution in [-0.4, -0.2) is 26.3 Å². The summed E-state index contributed by atoms with van der Waals surface area (Å²) in [5.74, 6) is -3.20. The van der Waals surface area contributed by atoms with Gasteiger partial charge in [0.2, 0.25) is 5.91 Å². The molecule has 0 aliphatic carbocycles. The Morgan fingerprint density at radius 3 is 2.61 bits per heavy atom. The molecule has 148 valence electrons. The molecule has 2 aromatic carbocycles. The third-order valence-electron chi connectivity index (χ3n) is 4.05. The quantitative estimate of drug-likeness (QED) is 0.786. The average Bonchev–Trinajstić information content (AvgIpc) is 2.63. The van der Waals surface area contributed by atoms with Gasteiger partial charge in [-0.1, -0.05) is 13.0 Å². The van der Waals surface area contributed by atoms with Crippen molar-refractivity contribution in [1.82, 2.24) is 4.72 Å². The van der Waals surface area contributed by atoms with Crippen molar-refractivity contribution >= 4 is 27.5 Å². The van der Waals surface area contributed by atoms with Gasteiger partial charge in [0.1, 0.15) is 5.75 Å². The van der Waals surface area contributed by atoms with Crippen molar-refractivity contribution < 1.29 is 31.5 Å². The van der Waals surface area contributed by atoms with Crippen molar-refractivity contribution in [3.8, 4) is 5.75 Å². The van der Waals surface area contributed by atoms with Crippen molar-refractivity contribution in [2.75, 3.05) is 5.32 Å². The third kappa shape index (κ3) is 4.11. The van der Waals surface area contributed by atoms with E-state index in [1.807, 2.05) is 4.72 Å². The maximum absolute atomic E-state index is 13.2. The number of hydrogen-bond acceptors (Lipinski definition) is 5. The number of carbonyl (C=O) groups is 2. The summed E-state index contributed by atoms with van der Waals surface area (Å²) in [6, 6.07) is 6.63. The van der Waals surface area contributed by atoms with Gasteiger partial charge in [-0.05, 0) is 42.3 Å². The first-order valence-electron chi connectivity index (χ1n) is 8.30. The molecule has 1 atom stereocenters. The fraction of sp³-hybridized carbons (Fsp3) is 0.222. The number of sulfonamides is 1. The molecule has 0 radical (unpaired) electrons. The zero-order valence-electron chi connectivity index (χ0n) is 14.7. The van der Waals surface area contributed by atoms with Crippen LogP contribution in [0.2, 0.25) is 0 Å². The number of amides is 2. The number of rotatable bonds is 5. The standard InChI is InChI=1S/C18H16F2N2O5S/c1-2-15-18(24)21-14-9-11(4-6-16(14)27-15)28(25,26)22-17(23)8-10-3-5-12(19)13(20)7-10/h3-7,9,15H,2,8H2,1H3,(H,21,24)(H,22,23). The van der Waals surface area contributed by atoms with Gasteiger partial charge in [0.15, 0.2) is 17.7 Å². The van der Waals surface area contributed by atoms with E-state index in [9.17, 15) is 26.8 Å². The van der Waals surface area contributed by atoms with Crippen LogP contribution in [0.3, 0.4) is 0 Å². The lowest BCUT2D eigenvalue weighted by atomic mass is 10.1. The first kappa shape index (κ1) is 19.7. The summed E-state index contributed by atoms with van der Waals surface area (Å²) < 4.78 is 58.3. The highest BCUT2D eigenvalue weighted by Gasteiger charge is 2.28. The van der Waals surface area contributed by atoms with Crippen molar-refractivity contribution in [3.05, 3.63) is 53.6 Å². The summed E-state index contributed by atoms with van der Waals surface area (Å²) in [6.07, 6.45) is -0.670. The molecule has 0 aromatic heterocycles. The maximum atomic E-state index is 13.2. The summed E-state index contributed by atoms with van der Waals surface area (Å²) in [4.78, 5) is 23.6. The Bertz CT molecular complexity index is 1060. The Balaban J connectivity index is 1.76. The van der Waals surface area contributed by atoms with Crippen molar-refractivity contribution in [2.24, 2.45) is 0 Å². The summed E-state index contributed by atoms with van der Waals surface area (Å²) in [7, 11) is -4.24. The lowest BCUT2D eigenvalue weighted by Crippen LogP contribution is -2.36. The lowest BCUT2D eigenvalue weighted by Gasteiger charge is -2.25. The Morgan fingerprint density at radius 1 is 1.18 bits per heavy atom. The second-order valence-corrected chi connectivity index (χ2v) is 7.80. The molecule has 1 aliphatic heterocycles. The van der Waals surface area contributed by atoms with Gasteiger partial charge in [0.05, 0.1) is 17.0 Å². The molecule has 0 fully saturated rings. The van der Waals surface area contributed by atoms with Gasteiger partial charge in [-0.2, -0.15) is 0 Å². The zero-order valence-corrected chi connectivity index (χ0v) is 15.5. The summed E-state index contributed by atoms with van der Waals surface area (Å²) in [6.45, 7) is 1.77. The summed E-state index contributed by atoms with van der Waals surface area (Å²) in [5, 5.41) is 2.56. The Hall–Kier alpha value is -3.01. The van der Waals surface area contributed by atoms with E-state index in [-0.39, 0.29) is 16.1 Å². The van der Waals surface area contributed by atoms with Crippen molar-refractivity contribution in [2.45, 2.75) is 30.8 Å². The van der Waals surface area contributed by atoms with E-state index in [0.29, 0.717) is 12.2 Å². The first-order chi connectivity index (χ1) is 13.2. The molecule has 1 unspecified atom stereocenters. The van der Waals surface area contributed by atoms with Crippen LogP contribution in [0.15, 0.2) is 41.3 Å². The molecule has 0 saturated carbocycles. The minimum absolute atomic E-state index is 0.114. The van der Waals surface area contributed by atoms with Crippen LogP contribution in [0, 0.1) is 11.6 Å². The number of benzene rings is 2. The number of ether oxygens (including phenoxy) is 1. The molecule has 2 amide bonds. The fourth-order valence-corrected chi connectivity index (χ4v) is 3.66. The number of hydrogen-bond donors (Lipinski definition) is 2. The van der Waals surface area contributed by atoms with Crippen LogP contribution in [0.5, 0.6) is 5.75 Å². The van der Waals surface area contributed by atoms with E-state index in [2.05, 4.69) is 5.32 Å². The predicted octanol–water partition coefficient (Wildman–Crippen LogP) is 2.12. The van der Waals surface area contributed by atoms with Gasteiger partial charge in [0.25, 0.3) is 15.9 Å². The van der Waals surface area contributed by atoms with Crippen molar-refractivity contribution in [1.29, 1.82) is 0 Å². The highest BCUT2D eigenvalue weighted by atomic mass is 32.2. The minimum Gasteiger partial charge on any atom is -0.478 e. The largest absolute Gasteiger partial charge is 0.478 e. The van der Waals surface area contributed by atoms with Crippen LogP contribution in [0.4, 0.5) is 14.5 Å². The molecular weight excluding hydrogens is 394 g/mol. The van der Waals surface area contributed by atoms with E-state index < -0.39 is 46.0 Å². The molecule has 3 rings (SSSR count). The number of nitrogens with one attached hydrogen (secondary N) is 2. The molecule has 7 nitrogen and oxygen atoms in total. The van der Waals surface area contributed by atoms with Crippen molar-refractivity contribution in [3.63, 3.8) is 0 Å². The molecule has 0 spiro atoms. The summed E-state index contributed by atoms with van der Waals surface area (Å²) >= 11 is 0. The zero-order chi connectivity index (χ0) is 20.5. The van der Waals surface area contributed by atoms with Gasteiger partial charge in [-0.25, -0.2) is 21.9 Å². The second-order valence-electron chi connectivity index (χ2n) is 6.12. The average molecular weight is 410 g/mol. The SMILES string of the molecule is CCC1Oc2ccc(S(=O)(=O)NC(=O)Cc3ccc(F)c(F)c3)cc2NC1=O. The molecule has 28 heavy (non-hydrogen) atoms. The highest BCUT2D eigenvalue weighted by Crippen LogP contribution is 2.32. The smallest absolute Gasteiger partial charge is 0.265 e. The lowest BCUT2D eigenvalue weighted by molar-refractivity contribution is -0.123. The molecule has 10 heteroatoms. The van der Waals surface area contributed by atoms with Gasteiger partial charge < -0.3 is 10.1 Å². The van der Waals surface area contributed by atoms with E-state index >= 15 is 0 Å². The molecule has 1 aliphatic rings. The van der Waals surface area contributed by atoms with E-state index in [0.717, 1.165) is 12.1 Å². The molecule has 2 N–H and O–H groups in total. The Morgan fingerprint density at radius 2 is 1.93 bits per heavy atom. The van der Waals surface area contributed by atoms with Gasteiger partial charge in [-0.15, -0.1) is 0 Å². The molecular formula is C18H16F2N2O5S. The molecule has 0 saturated heterocycles. The van der Waals surface area contributed by atoms with Crippen LogP contribution in [0.25, 0.3) is 0 Å². The third-order valence-corrected chi connectivity index (χ3v) is 5.42. The molecule has 0 bridgehead atoms. The van der Waals surface area contributed by atoms with Gasteiger partial charge in [-0.3, -0.25) is 9.59 Å². The number of anilines is 1. The summed E-state index contributed by atoms with van der Waals surface area (Å²) in [5.41, 5.74) is 0.286.